The van der Waals surface area contributed by atoms with Gasteiger partial charge in [-0.25, -0.2) is 4.98 Å². The van der Waals surface area contributed by atoms with Crippen LogP contribution in [0.5, 0.6) is 0 Å². The van der Waals surface area contributed by atoms with Gasteiger partial charge in [0.25, 0.3) is 0 Å². The normalized spacial score (nSPS) is 17.7. The van der Waals surface area contributed by atoms with E-state index in [4.69, 9.17) is 10.7 Å². The summed E-state index contributed by atoms with van der Waals surface area (Å²) in [4.78, 5) is 6.22. The fraction of sp³-hybridized carbons (Fsp3) is 0.471. The van der Waals surface area contributed by atoms with Crippen LogP contribution in [0.25, 0.3) is 0 Å². The number of fused-ring (bicyclic) bond motifs is 1. The third-order valence-corrected chi connectivity index (χ3v) is 5.25. The molecule has 2 nitrogen and oxygen atoms in total. The van der Waals surface area contributed by atoms with E-state index in [1.165, 1.54) is 39.5 Å². The molecule has 2 N–H and O–H groups in total. The van der Waals surface area contributed by atoms with Gasteiger partial charge < -0.3 is 5.73 Å². The molecule has 1 aliphatic rings. The van der Waals surface area contributed by atoms with Crippen LogP contribution in [0, 0.1) is 5.92 Å². The van der Waals surface area contributed by atoms with Gasteiger partial charge >= 0.3 is 0 Å². The Morgan fingerprint density at radius 3 is 2.90 bits per heavy atom. The Balaban J connectivity index is 1.94. The van der Waals surface area contributed by atoms with E-state index in [-0.39, 0.29) is 0 Å². The predicted octanol–water partition coefficient (Wildman–Crippen LogP) is 3.88. The van der Waals surface area contributed by atoms with Crippen LogP contribution < -0.4 is 5.73 Å². The van der Waals surface area contributed by atoms with E-state index in [9.17, 15) is 0 Å². The monoisotopic (exact) mass is 286 g/mol. The van der Waals surface area contributed by atoms with Gasteiger partial charge in [0.1, 0.15) is 5.01 Å². The molecule has 106 valence electrons. The first kappa shape index (κ1) is 13.8. The fourth-order valence-corrected chi connectivity index (χ4v) is 4.20. The van der Waals surface area contributed by atoms with Gasteiger partial charge in [-0.05, 0) is 36.3 Å². The molecule has 0 amide bonds. The molecule has 0 spiro atoms. The van der Waals surface area contributed by atoms with Crippen LogP contribution in [0.1, 0.15) is 52.9 Å². The predicted molar refractivity (Wildman–Crippen MR) is 85.2 cm³/mol. The zero-order chi connectivity index (χ0) is 14.1. The van der Waals surface area contributed by atoms with Crippen LogP contribution >= 0.6 is 11.3 Å². The van der Waals surface area contributed by atoms with Gasteiger partial charge in [0.2, 0.25) is 0 Å². The molecule has 3 rings (SSSR count). The van der Waals surface area contributed by atoms with Gasteiger partial charge in [0, 0.05) is 17.3 Å². The molecule has 0 saturated carbocycles. The Labute approximate surface area is 125 Å². The molecule has 1 aromatic carbocycles. The molecule has 3 heteroatoms. The van der Waals surface area contributed by atoms with Crippen molar-refractivity contribution in [2.75, 3.05) is 0 Å². The van der Waals surface area contributed by atoms with Crippen molar-refractivity contribution in [1.29, 1.82) is 0 Å². The molecule has 2 aromatic rings. The van der Waals surface area contributed by atoms with E-state index in [2.05, 4.69) is 38.1 Å². The highest BCUT2D eigenvalue weighted by Gasteiger charge is 2.27. The second-order valence-corrected chi connectivity index (χ2v) is 7.13. The smallest absolute Gasteiger partial charge is 0.101 e. The van der Waals surface area contributed by atoms with Crippen LogP contribution in [-0.4, -0.2) is 4.98 Å². The molecule has 0 aliphatic heterocycles. The van der Waals surface area contributed by atoms with Crippen LogP contribution in [0.2, 0.25) is 0 Å². The molecule has 1 aromatic heterocycles. The molecule has 1 atom stereocenters. The molecule has 0 bridgehead atoms. The summed E-state index contributed by atoms with van der Waals surface area (Å²) >= 11 is 1.83. The summed E-state index contributed by atoms with van der Waals surface area (Å²) in [5, 5.41) is 1.27. The third kappa shape index (κ3) is 2.52. The van der Waals surface area contributed by atoms with Gasteiger partial charge in [0.15, 0.2) is 0 Å². The second-order valence-electron chi connectivity index (χ2n) is 6.01. The average Bonchev–Trinajstić information content (AvgIpc) is 3.01. The summed E-state index contributed by atoms with van der Waals surface area (Å²) in [5.74, 6) is 1.12. The summed E-state index contributed by atoms with van der Waals surface area (Å²) in [7, 11) is 0. The van der Waals surface area contributed by atoms with Gasteiger partial charge in [-0.15, -0.1) is 11.3 Å². The molecular formula is C17H22N2S. The lowest BCUT2D eigenvalue weighted by Crippen LogP contribution is -2.02. The molecule has 1 unspecified atom stereocenters. The zero-order valence-corrected chi connectivity index (χ0v) is 13.0. The minimum Gasteiger partial charge on any atom is -0.326 e. The van der Waals surface area contributed by atoms with Gasteiger partial charge in [-0.2, -0.15) is 0 Å². The van der Waals surface area contributed by atoms with Crippen molar-refractivity contribution in [3.63, 3.8) is 0 Å². The maximum Gasteiger partial charge on any atom is 0.101 e. The molecule has 1 heterocycles. The highest BCUT2D eigenvalue weighted by Crippen LogP contribution is 2.40. The van der Waals surface area contributed by atoms with Gasteiger partial charge in [-0.3, -0.25) is 0 Å². The SMILES string of the molecule is CC(C)Cc1nc(C2CCc3ccccc32)sc1CN. The van der Waals surface area contributed by atoms with E-state index >= 15 is 0 Å². The number of nitrogens with two attached hydrogens (primary N) is 1. The van der Waals surface area contributed by atoms with Crippen molar-refractivity contribution in [2.45, 2.75) is 45.6 Å². The average molecular weight is 286 g/mol. The summed E-state index contributed by atoms with van der Waals surface area (Å²) in [6.45, 7) is 5.10. The Hall–Kier alpha value is -1.19. The molecule has 1 aliphatic carbocycles. The second kappa shape index (κ2) is 5.66. The van der Waals surface area contributed by atoms with Crippen molar-refractivity contribution in [3.8, 4) is 0 Å². The van der Waals surface area contributed by atoms with Crippen molar-refractivity contribution >= 4 is 11.3 Å². The van der Waals surface area contributed by atoms with E-state index in [0.29, 0.717) is 18.4 Å². The summed E-state index contributed by atoms with van der Waals surface area (Å²) in [6.07, 6.45) is 3.41. The van der Waals surface area contributed by atoms with Crippen molar-refractivity contribution in [1.82, 2.24) is 4.98 Å². The summed E-state index contributed by atoms with van der Waals surface area (Å²) in [5.41, 5.74) is 10.1. The third-order valence-electron chi connectivity index (χ3n) is 4.01. The zero-order valence-electron chi connectivity index (χ0n) is 12.2. The van der Waals surface area contributed by atoms with E-state index in [1.807, 2.05) is 11.3 Å². The van der Waals surface area contributed by atoms with E-state index in [0.717, 1.165) is 6.42 Å². The lowest BCUT2D eigenvalue weighted by atomic mass is 10.0. The maximum atomic E-state index is 5.90. The summed E-state index contributed by atoms with van der Waals surface area (Å²) in [6, 6.07) is 8.79. The summed E-state index contributed by atoms with van der Waals surface area (Å²) < 4.78 is 0. The van der Waals surface area contributed by atoms with Gasteiger partial charge in [0.05, 0.1) is 5.69 Å². The molecular weight excluding hydrogens is 264 g/mol. The van der Waals surface area contributed by atoms with Crippen molar-refractivity contribution in [2.24, 2.45) is 11.7 Å². The first-order chi connectivity index (χ1) is 9.69. The number of hydrogen-bond donors (Lipinski definition) is 1. The lowest BCUT2D eigenvalue weighted by Gasteiger charge is -2.07. The molecule has 0 saturated heterocycles. The fourth-order valence-electron chi connectivity index (χ4n) is 3.07. The Bertz CT molecular complexity index is 601. The Morgan fingerprint density at radius 1 is 1.35 bits per heavy atom. The topological polar surface area (TPSA) is 38.9 Å². The lowest BCUT2D eigenvalue weighted by molar-refractivity contribution is 0.630. The minimum absolute atomic E-state index is 0.488. The number of benzene rings is 1. The van der Waals surface area contributed by atoms with Gasteiger partial charge in [-0.1, -0.05) is 38.1 Å². The largest absolute Gasteiger partial charge is 0.326 e. The number of thiazole rings is 1. The van der Waals surface area contributed by atoms with Crippen molar-refractivity contribution < 1.29 is 0 Å². The number of nitrogens with zero attached hydrogens (tertiary/aromatic N) is 1. The number of rotatable bonds is 4. The quantitative estimate of drug-likeness (QED) is 0.926. The minimum atomic E-state index is 0.488. The van der Waals surface area contributed by atoms with Crippen LogP contribution in [0.15, 0.2) is 24.3 Å². The standard InChI is InChI=1S/C17H22N2S/c1-11(2)9-15-16(10-18)20-17(19-15)14-8-7-12-5-3-4-6-13(12)14/h3-6,11,14H,7-10,18H2,1-2H3. The van der Waals surface area contributed by atoms with Crippen LogP contribution in [0.3, 0.4) is 0 Å². The first-order valence-corrected chi connectivity index (χ1v) is 8.27. The van der Waals surface area contributed by atoms with Crippen molar-refractivity contribution in [3.05, 3.63) is 51.0 Å². The van der Waals surface area contributed by atoms with E-state index < -0.39 is 0 Å². The first-order valence-electron chi connectivity index (χ1n) is 7.45. The molecule has 20 heavy (non-hydrogen) atoms. The van der Waals surface area contributed by atoms with Crippen LogP contribution in [0.4, 0.5) is 0 Å². The van der Waals surface area contributed by atoms with E-state index in [1.54, 1.807) is 0 Å². The number of hydrogen-bond acceptors (Lipinski definition) is 3. The maximum absolute atomic E-state index is 5.90. The molecule has 0 fully saturated rings. The number of aromatic nitrogens is 1. The number of aryl methyl sites for hydroxylation is 1. The Kier molecular flexibility index (Phi) is 3.90. The Morgan fingerprint density at radius 2 is 2.15 bits per heavy atom. The molecule has 0 radical (unpaired) electrons. The highest BCUT2D eigenvalue weighted by molar-refractivity contribution is 7.11. The highest BCUT2D eigenvalue weighted by atomic mass is 32.1. The van der Waals surface area contributed by atoms with Crippen LogP contribution in [-0.2, 0) is 19.4 Å².